The van der Waals surface area contributed by atoms with Crippen molar-refractivity contribution in [2.45, 2.75) is 24.0 Å². The first-order valence-electron chi connectivity index (χ1n) is 7.18. The summed E-state index contributed by atoms with van der Waals surface area (Å²) in [5.41, 5.74) is 0.596. The van der Waals surface area contributed by atoms with Crippen LogP contribution in [0.25, 0.3) is 0 Å². The van der Waals surface area contributed by atoms with E-state index in [1.54, 1.807) is 18.2 Å². The van der Waals surface area contributed by atoms with E-state index in [-0.39, 0.29) is 11.5 Å². The molecule has 0 atom stereocenters. The second kappa shape index (κ2) is 5.64. The Kier molecular flexibility index (Phi) is 3.49. The zero-order valence-corrected chi connectivity index (χ0v) is 12.6. The number of benzene rings is 1. The fraction of sp³-hybridized carbons (Fsp3) is 0.400. The number of nitrogens with zero attached hydrogens (tertiary/aromatic N) is 2. The lowest BCUT2D eigenvalue weighted by atomic mass is 10.1. The van der Waals surface area contributed by atoms with E-state index in [1.807, 2.05) is 0 Å². The quantitative estimate of drug-likeness (QED) is 0.619. The summed E-state index contributed by atoms with van der Waals surface area (Å²) in [6, 6.07) is 5.24. The Hall–Kier alpha value is -2.02. The van der Waals surface area contributed by atoms with Crippen LogP contribution < -0.4 is 9.47 Å². The lowest BCUT2D eigenvalue weighted by Crippen LogP contribution is -2.16. The van der Waals surface area contributed by atoms with Gasteiger partial charge in [-0.1, -0.05) is 11.8 Å². The molecular formula is C15H14N2O4S. The topological polar surface area (TPSA) is 74.5 Å². The third-order valence-electron chi connectivity index (χ3n) is 3.54. The van der Waals surface area contributed by atoms with Gasteiger partial charge in [0.1, 0.15) is 13.2 Å². The van der Waals surface area contributed by atoms with E-state index in [0.29, 0.717) is 47.3 Å². The summed E-state index contributed by atoms with van der Waals surface area (Å²) in [4.78, 5) is 12.2. The molecule has 1 fully saturated rings. The Morgan fingerprint density at radius 2 is 2.00 bits per heavy atom. The van der Waals surface area contributed by atoms with Gasteiger partial charge < -0.3 is 13.9 Å². The highest BCUT2D eigenvalue weighted by Crippen LogP contribution is 2.39. The Balaban J connectivity index is 1.40. The molecule has 1 aromatic heterocycles. The predicted octanol–water partition coefficient (Wildman–Crippen LogP) is 2.69. The molecular weight excluding hydrogens is 304 g/mol. The summed E-state index contributed by atoms with van der Waals surface area (Å²) in [7, 11) is 0. The molecule has 0 saturated heterocycles. The smallest absolute Gasteiger partial charge is 0.277 e. The molecule has 0 N–H and O–H groups in total. The van der Waals surface area contributed by atoms with Gasteiger partial charge in [-0.05, 0) is 31.0 Å². The zero-order valence-electron chi connectivity index (χ0n) is 11.8. The molecule has 0 unspecified atom stereocenters. The third kappa shape index (κ3) is 2.81. The first-order chi connectivity index (χ1) is 10.8. The molecule has 2 aliphatic rings. The highest BCUT2D eigenvalue weighted by molar-refractivity contribution is 7.99. The number of carbonyl (C=O) groups is 1. The molecule has 4 rings (SSSR count). The van der Waals surface area contributed by atoms with Crippen molar-refractivity contribution in [1.29, 1.82) is 0 Å². The molecule has 2 aromatic rings. The number of ether oxygens (including phenoxy) is 2. The van der Waals surface area contributed by atoms with Crippen molar-refractivity contribution in [3.8, 4) is 11.5 Å². The summed E-state index contributed by atoms with van der Waals surface area (Å²) in [5, 5.41) is 8.42. The Morgan fingerprint density at radius 3 is 2.82 bits per heavy atom. The average molecular weight is 318 g/mol. The second-order valence-corrected chi connectivity index (χ2v) is 6.18. The van der Waals surface area contributed by atoms with Gasteiger partial charge in [0.15, 0.2) is 17.3 Å². The van der Waals surface area contributed by atoms with Crippen LogP contribution in [0, 0.1) is 0 Å². The van der Waals surface area contributed by atoms with Gasteiger partial charge in [0.25, 0.3) is 5.22 Å². The van der Waals surface area contributed by atoms with Crippen LogP contribution in [0.1, 0.15) is 35.0 Å². The number of hydrogen-bond acceptors (Lipinski definition) is 7. The molecule has 0 amide bonds. The number of fused-ring (bicyclic) bond motifs is 1. The number of hydrogen-bond donors (Lipinski definition) is 0. The van der Waals surface area contributed by atoms with Crippen LogP contribution >= 0.6 is 11.8 Å². The van der Waals surface area contributed by atoms with E-state index < -0.39 is 0 Å². The van der Waals surface area contributed by atoms with Crippen molar-refractivity contribution in [3.05, 3.63) is 29.7 Å². The molecule has 2 heterocycles. The van der Waals surface area contributed by atoms with Gasteiger partial charge in [0.2, 0.25) is 5.89 Å². The second-order valence-electron chi connectivity index (χ2n) is 5.25. The molecule has 0 spiro atoms. The number of ketones is 1. The highest BCUT2D eigenvalue weighted by Gasteiger charge is 2.29. The maximum absolute atomic E-state index is 12.2. The first-order valence-corrected chi connectivity index (χ1v) is 8.17. The zero-order chi connectivity index (χ0) is 14.9. The molecule has 0 radical (unpaired) electrons. The predicted molar refractivity (Wildman–Crippen MR) is 78.8 cm³/mol. The maximum Gasteiger partial charge on any atom is 0.277 e. The van der Waals surface area contributed by atoms with Crippen LogP contribution in [0.3, 0.4) is 0 Å². The lowest BCUT2D eigenvalue weighted by Gasteiger charge is -2.18. The highest BCUT2D eigenvalue weighted by atomic mass is 32.2. The Morgan fingerprint density at radius 1 is 1.18 bits per heavy atom. The van der Waals surface area contributed by atoms with Gasteiger partial charge >= 0.3 is 0 Å². The molecule has 1 aliphatic heterocycles. The average Bonchev–Trinajstić information content (AvgIpc) is 3.31. The Bertz CT molecular complexity index is 711. The maximum atomic E-state index is 12.2. The van der Waals surface area contributed by atoms with Gasteiger partial charge in [-0.3, -0.25) is 4.79 Å². The van der Waals surface area contributed by atoms with Crippen LogP contribution in [-0.4, -0.2) is 34.9 Å². The van der Waals surface area contributed by atoms with E-state index >= 15 is 0 Å². The molecule has 114 valence electrons. The number of thioether (sulfide) groups is 1. The fourth-order valence-electron chi connectivity index (χ4n) is 2.20. The van der Waals surface area contributed by atoms with Crippen LogP contribution in [0.4, 0.5) is 0 Å². The van der Waals surface area contributed by atoms with E-state index in [2.05, 4.69) is 10.2 Å². The minimum Gasteiger partial charge on any atom is -0.486 e. The van der Waals surface area contributed by atoms with Gasteiger partial charge in [-0.2, -0.15) is 0 Å². The third-order valence-corrected chi connectivity index (χ3v) is 4.36. The number of rotatable bonds is 5. The van der Waals surface area contributed by atoms with E-state index in [1.165, 1.54) is 11.8 Å². The summed E-state index contributed by atoms with van der Waals surface area (Å²) in [6.07, 6.45) is 2.23. The van der Waals surface area contributed by atoms with Crippen molar-refractivity contribution in [2.24, 2.45) is 0 Å². The van der Waals surface area contributed by atoms with Gasteiger partial charge in [-0.25, -0.2) is 0 Å². The number of Topliss-reactive ketones (excluding diaryl/α,β-unsaturated/α-hetero) is 1. The first kappa shape index (κ1) is 13.6. The molecule has 7 heteroatoms. The Labute approximate surface area is 131 Å². The van der Waals surface area contributed by atoms with Crippen LogP contribution in [0.2, 0.25) is 0 Å². The van der Waals surface area contributed by atoms with E-state index in [0.717, 1.165) is 12.8 Å². The molecule has 22 heavy (non-hydrogen) atoms. The van der Waals surface area contributed by atoms with E-state index in [4.69, 9.17) is 13.9 Å². The van der Waals surface area contributed by atoms with Crippen molar-refractivity contribution in [3.63, 3.8) is 0 Å². The minimum absolute atomic E-state index is 0.00635. The number of carbonyl (C=O) groups excluding carboxylic acids is 1. The molecule has 1 aliphatic carbocycles. The summed E-state index contributed by atoms with van der Waals surface area (Å²) < 4.78 is 16.5. The fourth-order valence-corrected chi connectivity index (χ4v) is 2.87. The van der Waals surface area contributed by atoms with Crippen molar-refractivity contribution in [1.82, 2.24) is 10.2 Å². The van der Waals surface area contributed by atoms with Gasteiger partial charge in [0, 0.05) is 11.5 Å². The van der Waals surface area contributed by atoms with Crippen LogP contribution in [-0.2, 0) is 0 Å². The van der Waals surface area contributed by atoms with Crippen LogP contribution in [0.5, 0.6) is 11.5 Å². The normalized spacial score (nSPS) is 16.5. The van der Waals surface area contributed by atoms with E-state index in [9.17, 15) is 4.79 Å². The van der Waals surface area contributed by atoms with Gasteiger partial charge in [-0.15, -0.1) is 10.2 Å². The minimum atomic E-state index is -0.00635. The molecule has 6 nitrogen and oxygen atoms in total. The van der Waals surface area contributed by atoms with Crippen molar-refractivity contribution >= 4 is 17.5 Å². The van der Waals surface area contributed by atoms with Crippen molar-refractivity contribution < 1.29 is 18.7 Å². The molecule has 1 saturated carbocycles. The lowest BCUT2D eigenvalue weighted by molar-refractivity contribution is 0.102. The molecule has 0 bridgehead atoms. The van der Waals surface area contributed by atoms with Gasteiger partial charge in [0.05, 0.1) is 5.75 Å². The van der Waals surface area contributed by atoms with Crippen LogP contribution in [0.15, 0.2) is 27.8 Å². The summed E-state index contributed by atoms with van der Waals surface area (Å²) in [6.45, 7) is 1.04. The SMILES string of the molecule is O=C(CSc1nnc(C2CC2)o1)c1ccc2c(c1)OCCO2. The molecule has 1 aromatic carbocycles. The largest absolute Gasteiger partial charge is 0.486 e. The standard InChI is InChI=1S/C15H14N2O4S/c18-11(8-22-15-17-16-14(21-15)9-1-2-9)10-3-4-12-13(7-10)20-6-5-19-12/h3-4,7,9H,1-2,5-6,8H2. The monoisotopic (exact) mass is 318 g/mol. The van der Waals surface area contributed by atoms with Crippen molar-refractivity contribution in [2.75, 3.05) is 19.0 Å². The summed E-state index contributed by atoms with van der Waals surface area (Å²) in [5.74, 6) is 2.67. The number of aromatic nitrogens is 2. The summed E-state index contributed by atoms with van der Waals surface area (Å²) >= 11 is 1.26.